The highest BCUT2D eigenvalue weighted by Gasteiger charge is 2.38. The molecule has 0 unspecified atom stereocenters. The maximum atomic E-state index is 5.79. The number of hydrogen-bond donors (Lipinski definition) is 1. The number of hydrogen-bond acceptors (Lipinski definition) is 3. The fraction of sp³-hybridized carbons (Fsp3) is 0.533. The molecule has 2 N–H and O–H groups in total. The summed E-state index contributed by atoms with van der Waals surface area (Å²) in [6, 6.07) is 6.20. The van der Waals surface area contributed by atoms with Gasteiger partial charge in [0, 0.05) is 27.1 Å². The van der Waals surface area contributed by atoms with Crippen molar-refractivity contribution in [2.24, 2.45) is 12.8 Å². The van der Waals surface area contributed by atoms with Crippen molar-refractivity contribution in [3.05, 3.63) is 29.6 Å². The minimum atomic E-state index is 0.0119. The quantitative estimate of drug-likeness (QED) is 0.915. The number of aromatic nitrogens is 2. The molecular formula is C15H21N3O. The van der Waals surface area contributed by atoms with Crippen molar-refractivity contribution in [1.29, 1.82) is 0 Å². The van der Waals surface area contributed by atoms with E-state index >= 15 is 0 Å². The lowest BCUT2D eigenvalue weighted by atomic mass is 9.77. The zero-order valence-corrected chi connectivity index (χ0v) is 11.6. The zero-order valence-electron chi connectivity index (χ0n) is 11.6. The summed E-state index contributed by atoms with van der Waals surface area (Å²) in [6.45, 7) is 0.531. The molecule has 1 heterocycles. The summed E-state index contributed by atoms with van der Waals surface area (Å²) in [7, 11) is 3.89. The number of ether oxygens (including phenoxy) is 1. The molecule has 0 atom stereocenters. The maximum Gasteiger partial charge on any atom is 0.112 e. The highest BCUT2D eigenvalue weighted by Crippen LogP contribution is 2.38. The zero-order chi connectivity index (χ0) is 13.5. The molecule has 1 aromatic carbocycles. The Morgan fingerprint density at radius 3 is 2.79 bits per heavy atom. The molecule has 102 valence electrons. The summed E-state index contributed by atoms with van der Waals surface area (Å²) < 4.78 is 7.88. The van der Waals surface area contributed by atoms with Gasteiger partial charge in [0.2, 0.25) is 0 Å². The van der Waals surface area contributed by atoms with Crippen LogP contribution in [0.1, 0.15) is 30.7 Å². The number of nitrogens with two attached hydrogens (primary N) is 1. The third-order valence-corrected chi connectivity index (χ3v) is 4.49. The number of rotatable bonds is 4. The fourth-order valence-electron chi connectivity index (χ4n) is 2.96. The van der Waals surface area contributed by atoms with Gasteiger partial charge in [-0.25, -0.2) is 4.98 Å². The Balaban J connectivity index is 2.02. The van der Waals surface area contributed by atoms with E-state index in [-0.39, 0.29) is 5.60 Å². The van der Waals surface area contributed by atoms with Crippen LogP contribution in [0.25, 0.3) is 11.0 Å². The maximum absolute atomic E-state index is 5.79. The van der Waals surface area contributed by atoms with Gasteiger partial charge in [0.25, 0.3) is 0 Å². The summed E-state index contributed by atoms with van der Waals surface area (Å²) in [4.78, 5) is 4.80. The second kappa shape index (κ2) is 4.62. The molecule has 1 fully saturated rings. The van der Waals surface area contributed by atoms with Gasteiger partial charge < -0.3 is 15.0 Å². The third kappa shape index (κ3) is 1.95. The van der Waals surface area contributed by atoms with Gasteiger partial charge >= 0.3 is 0 Å². The van der Waals surface area contributed by atoms with Crippen molar-refractivity contribution in [1.82, 2.24) is 9.55 Å². The Hall–Kier alpha value is -1.39. The molecule has 0 amide bonds. The summed E-state index contributed by atoms with van der Waals surface area (Å²) in [6.07, 6.45) is 4.41. The van der Waals surface area contributed by atoms with Crippen LogP contribution in [0.5, 0.6) is 0 Å². The summed E-state index contributed by atoms with van der Waals surface area (Å²) in [5.41, 5.74) is 9.11. The number of fused-ring (bicyclic) bond motifs is 1. The van der Waals surface area contributed by atoms with Gasteiger partial charge in [0.05, 0.1) is 16.6 Å². The topological polar surface area (TPSA) is 53.1 Å². The predicted molar refractivity (Wildman–Crippen MR) is 75.9 cm³/mol. The van der Waals surface area contributed by atoms with E-state index in [1.54, 1.807) is 0 Å². The van der Waals surface area contributed by atoms with E-state index in [4.69, 9.17) is 15.5 Å². The van der Waals surface area contributed by atoms with Gasteiger partial charge in [0.1, 0.15) is 5.82 Å². The van der Waals surface area contributed by atoms with Crippen LogP contribution in [0.3, 0.4) is 0 Å². The van der Waals surface area contributed by atoms with Gasteiger partial charge in [0.15, 0.2) is 0 Å². The van der Waals surface area contributed by atoms with E-state index in [9.17, 15) is 0 Å². The molecule has 0 spiro atoms. The molecule has 3 rings (SSSR count). The number of benzene rings is 1. The molecule has 0 radical (unpaired) electrons. The first-order valence-corrected chi connectivity index (χ1v) is 6.87. The van der Waals surface area contributed by atoms with Crippen molar-refractivity contribution in [2.75, 3.05) is 7.11 Å². The third-order valence-electron chi connectivity index (χ3n) is 4.49. The van der Waals surface area contributed by atoms with Crippen molar-refractivity contribution < 1.29 is 4.74 Å². The van der Waals surface area contributed by atoms with E-state index in [2.05, 4.69) is 23.7 Å². The molecular weight excluding hydrogens is 238 g/mol. The monoisotopic (exact) mass is 259 g/mol. The Morgan fingerprint density at radius 2 is 2.21 bits per heavy atom. The number of para-hydroxylation sites is 1. The van der Waals surface area contributed by atoms with Crippen LogP contribution >= 0.6 is 0 Å². The largest absolute Gasteiger partial charge is 0.378 e. The molecule has 0 aliphatic heterocycles. The molecule has 1 aliphatic rings. The van der Waals surface area contributed by atoms with E-state index in [1.165, 1.54) is 6.42 Å². The van der Waals surface area contributed by atoms with Crippen LogP contribution < -0.4 is 5.73 Å². The SMILES string of the molecule is COC1(Cc2nc3c(CN)cccc3n2C)CCC1. The van der Waals surface area contributed by atoms with Crippen LogP contribution in [0.15, 0.2) is 18.2 Å². The van der Waals surface area contributed by atoms with E-state index in [0.717, 1.165) is 41.7 Å². The Morgan fingerprint density at radius 1 is 1.42 bits per heavy atom. The van der Waals surface area contributed by atoms with Gasteiger partial charge in [-0.3, -0.25) is 0 Å². The van der Waals surface area contributed by atoms with Crippen molar-refractivity contribution in [3.63, 3.8) is 0 Å². The minimum absolute atomic E-state index is 0.0119. The number of imidazole rings is 1. The van der Waals surface area contributed by atoms with E-state index < -0.39 is 0 Å². The lowest BCUT2D eigenvalue weighted by Crippen LogP contribution is -2.41. The number of nitrogens with zero attached hydrogens (tertiary/aromatic N) is 2. The summed E-state index contributed by atoms with van der Waals surface area (Å²) >= 11 is 0. The van der Waals surface area contributed by atoms with Crippen molar-refractivity contribution in [2.45, 2.75) is 37.8 Å². The molecule has 1 saturated carbocycles. The molecule has 0 bridgehead atoms. The van der Waals surface area contributed by atoms with E-state index in [1.807, 2.05) is 13.2 Å². The highest BCUT2D eigenvalue weighted by atomic mass is 16.5. The molecule has 1 aromatic heterocycles. The molecule has 1 aliphatic carbocycles. The van der Waals surface area contributed by atoms with Gasteiger partial charge in [-0.05, 0) is 30.9 Å². The van der Waals surface area contributed by atoms with Crippen LogP contribution in [0.4, 0.5) is 0 Å². The standard InChI is InChI=1S/C15H21N3O/c1-18-12-6-3-5-11(10-16)14(12)17-13(18)9-15(19-2)7-4-8-15/h3,5-6H,4,7-10,16H2,1-2H3. The van der Waals surface area contributed by atoms with Crippen molar-refractivity contribution >= 4 is 11.0 Å². The van der Waals surface area contributed by atoms with Crippen LogP contribution in [-0.4, -0.2) is 22.3 Å². The first kappa shape index (κ1) is 12.6. The first-order valence-electron chi connectivity index (χ1n) is 6.87. The average molecular weight is 259 g/mol. The Labute approximate surface area is 113 Å². The molecule has 19 heavy (non-hydrogen) atoms. The van der Waals surface area contributed by atoms with Crippen LogP contribution in [0, 0.1) is 0 Å². The molecule has 4 nitrogen and oxygen atoms in total. The highest BCUT2D eigenvalue weighted by molar-refractivity contribution is 5.79. The predicted octanol–water partition coefficient (Wildman–Crippen LogP) is 2.14. The second-order valence-electron chi connectivity index (χ2n) is 5.49. The first-order chi connectivity index (χ1) is 9.19. The lowest BCUT2D eigenvalue weighted by Gasteiger charge is -2.40. The fourth-order valence-corrected chi connectivity index (χ4v) is 2.96. The smallest absolute Gasteiger partial charge is 0.112 e. The number of methoxy groups -OCH3 is 1. The van der Waals surface area contributed by atoms with Crippen LogP contribution in [0.2, 0.25) is 0 Å². The van der Waals surface area contributed by atoms with Crippen molar-refractivity contribution in [3.8, 4) is 0 Å². The molecule has 0 saturated heterocycles. The Bertz CT molecular complexity index is 593. The number of aryl methyl sites for hydroxylation is 1. The molecule has 4 heteroatoms. The van der Waals surface area contributed by atoms with Gasteiger partial charge in [-0.1, -0.05) is 12.1 Å². The van der Waals surface area contributed by atoms with Crippen LogP contribution in [-0.2, 0) is 24.8 Å². The minimum Gasteiger partial charge on any atom is -0.378 e. The lowest BCUT2D eigenvalue weighted by molar-refractivity contribution is -0.0724. The van der Waals surface area contributed by atoms with Gasteiger partial charge in [-0.2, -0.15) is 0 Å². The van der Waals surface area contributed by atoms with E-state index in [0.29, 0.717) is 6.54 Å². The average Bonchev–Trinajstić information content (AvgIpc) is 2.71. The second-order valence-corrected chi connectivity index (χ2v) is 5.49. The summed E-state index contributed by atoms with van der Waals surface area (Å²) in [5.74, 6) is 1.09. The normalized spacial score (nSPS) is 17.6. The summed E-state index contributed by atoms with van der Waals surface area (Å²) in [5, 5.41) is 0. The van der Waals surface area contributed by atoms with Gasteiger partial charge in [-0.15, -0.1) is 0 Å². The molecule has 2 aromatic rings. The Kier molecular flexibility index (Phi) is 3.07.